The van der Waals surface area contributed by atoms with Crippen molar-refractivity contribution in [3.05, 3.63) is 35.4 Å². The lowest BCUT2D eigenvalue weighted by molar-refractivity contribution is -0.125. The summed E-state index contributed by atoms with van der Waals surface area (Å²) in [6.07, 6.45) is 2.02. The minimum Gasteiger partial charge on any atom is -0.392 e. The van der Waals surface area contributed by atoms with Gasteiger partial charge in [-0.3, -0.25) is 4.79 Å². The highest BCUT2D eigenvalue weighted by atomic mass is 16.3. The number of benzene rings is 1. The molecule has 1 fully saturated rings. The van der Waals surface area contributed by atoms with Gasteiger partial charge in [0.15, 0.2) is 0 Å². The molecule has 4 nitrogen and oxygen atoms in total. The Kier molecular flexibility index (Phi) is 4.73. The van der Waals surface area contributed by atoms with Gasteiger partial charge in [-0.05, 0) is 30.5 Å². The summed E-state index contributed by atoms with van der Waals surface area (Å²) in [7, 11) is 0. The van der Waals surface area contributed by atoms with Crippen molar-refractivity contribution >= 4 is 5.91 Å². The molecule has 1 aromatic rings. The van der Waals surface area contributed by atoms with Crippen LogP contribution >= 0.6 is 0 Å². The lowest BCUT2D eigenvalue weighted by atomic mass is 9.98. The Bertz CT molecular complexity index is 401. The number of amides is 1. The zero-order valence-corrected chi connectivity index (χ0v) is 10.5. The topological polar surface area (TPSA) is 61.4 Å². The van der Waals surface area contributed by atoms with E-state index in [1.165, 1.54) is 0 Å². The van der Waals surface area contributed by atoms with E-state index in [0.717, 1.165) is 37.1 Å². The van der Waals surface area contributed by atoms with Gasteiger partial charge in [0, 0.05) is 13.1 Å². The molecule has 0 unspecified atom stereocenters. The molecule has 1 aliphatic heterocycles. The van der Waals surface area contributed by atoms with Crippen LogP contribution in [-0.2, 0) is 17.9 Å². The van der Waals surface area contributed by atoms with Crippen molar-refractivity contribution < 1.29 is 9.90 Å². The van der Waals surface area contributed by atoms with E-state index in [0.29, 0.717) is 6.54 Å². The van der Waals surface area contributed by atoms with E-state index in [4.69, 9.17) is 0 Å². The third kappa shape index (κ3) is 3.31. The minimum atomic E-state index is 0.0109. The van der Waals surface area contributed by atoms with Crippen LogP contribution in [0.2, 0.25) is 0 Å². The quantitative estimate of drug-likeness (QED) is 0.738. The smallest absolute Gasteiger partial charge is 0.224 e. The maximum Gasteiger partial charge on any atom is 0.224 e. The number of nitrogens with one attached hydrogen (secondary N) is 2. The molecule has 98 valence electrons. The second-order valence-electron chi connectivity index (χ2n) is 4.69. The second kappa shape index (κ2) is 6.52. The van der Waals surface area contributed by atoms with Crippen molar-refractivity contribution in [3.63, 3.8) is 0 Å². The number of aliphatic hydroxyl groups is 1. The van der Waals surface area contributed by atoms with Gasteiger partial charge in [0.2, 0.25) is 5.91 Å². The Morgan fingerprint density at radius 2 is 2.17 bits per heavy atom. The molecule has 1 aromatic carbocycles. The van der Waals surface area contributed by atoms with Crippen LogP contribution in [0.25, 0.3) is 0 Å². The predicted molar refractivity (Wildman–Crippen MR) is 69.8 cm³/mol. The molecule has 0 saturated carbocycles. The third-order valence-electron chi connectivity index (χ3n) is 3.41. The molecule has 1 atom stereocenters. The van der Waals surface area contributed by atoms with E-state index in [2.05, 4.69) is 10.6 Å². The Morgan fingerprint density at radius 1 is 1.39 bits per heavy atom. The predicted octanol–water partition coefficient (Wildman–Crippen LogP) is 0.795. The maximum atomic E-state index is 12.0. The summed E-state index contributed by atoms with van der Waals surface area (Å²) in [5.41, 5.74) is 1.86. The highest BCUT2D eigenvalue weighted by molar-refractivity contribution is 5.79. The van der Waals surface area contributed by atoms with E-state index in [-0.39, 0.29) is 18.4 Å². The number of carbonyl (C=O) groups is 1. The van der Waals surface area contributed by atoms with Crippen LogP contribution < -0.4 is 10.6 Å². The zero-order chi connectivity index (χ0) is 12.8. The van der Waals surface area contributed by atoms with Crippen molar-refractivity contribution in [2.75, 3.05) is 13.1 Å². The molecule has 1 aliphatic rings. The molecular weight excluding hydrogens is 228 g/mol. The standard InChI is InChI=1S/C14H20N2O2/c17-10-13-5-2-1-4-11(13)9-16-14(18)12-6-3-7-15-8-12/h1-2,4-5,12,15,17H,3,6-10H2,(H,16,18)/t12-/m0/s1. The molecule has 4 heteroatoms. The fourth-order valence-corrected chi connectivity index (χ4v) is 2.29. The number of piperidine rings is 1. The van der Waals surface area contributed by atoms with Crippen molar-refractivity contribution in [2.24, 2.45) is 5.92 Å². The van der Waals surface area contributed by atoms with E-state index in [1.807, 2.05) is 24.3 Å². The Morgan fingerprint density at radius 3 is 2.83 bits per heavy atom. The van der Waals surface area contributed by atoms with Gasteiger partial charge in [0.1, 0.15) is 0 Å². The Balaban J connectivity index is 1.88. The molecule has 0 aliphatic carbocycles. The molecule has 18 heavy (non-hydrogen) atoms. The van der Waals surface area contributed by atoms with Crippen LogP contribution in [0, 0.1) is 5.92 Å². The first-order valence-electron chi connectivity index (χ1n) is 6.47. The molecule has 0 radical (unpaired) electrons. The number of hydrogen-bond acceptors (Lipinski definition) is 3. The lowest BCUT2D eigenvalue weighted by Crippen LogP contribution is -2.40. The molecule has 0 bridgehead atoms. The first kappa shape index (κ1) is 13.1. The highest BCUT2D eigenvalue weighted by Crippen LogP contribution is 2.12. The summed E-state index contributed by atoms with van der Waals surface area (Å²) in [6.45, 7) is 2.29. The molecule has 1 amide bonds. The van der Waals surface area contributed by atoms with Gasteiger partial charge in [-0.25, -0.2) is 0 Å². The first-order chi connectivity index (χ1) is 8.81. The molecular formula is C14H20N2O2. The van der Waals surface area contributed by atoms with Gasteiger partial charge in [-0.2, -0.15) is 0 Å². The van der Waals surface area contributed by atoms with Crippen molar-refractivity contribution in [2.45, 2.75) is 26.0 Å². The van der Waals surface area contributed by atoms with Crippen LogP contribution in [-0.4, -0.2) is 24.1 Å². The SMILES string of the molecule is O=C(NCc1ccccc1CO)[C@H]1CCCNC1. The average Bonchev–Trinajstić information content (AvgIpc) is 2.46. The molecule has 0 aromatic heterocycles. The Labute approximate surface area is 107 Å². The van der Waals surface area contributed by atoms with Crippen molar-refractivity contribution in [1.82, 2.24) is 10.6 Å². The van der Waals surface area contributed by atoms with Gasteiger partial charge >= 0.3 is 0 Å². The van der Waals surface area contributed by atoms with Crippen LogP contribution in [0.4, 0.5) is 0 Å². The maximum absolute atomic E-state index is 12.0. The fourth-order valence-electron chi connectivity index (χ4n) is 2.29. The molecule has 2 rings (SSSR count). The van der Waals surface area contributed by atoms with Crippen molar-refractivity contribution in [1.29, 1.82) is 0 Å². The summed E-state index contributed by atoms with van der Waals surface area (Å²) < 4.78 is 0. The number of aliphatic hydroxyl groups excluding tert-OH is 1. The lowest BCUT2D eigenvalue weighted by Gasteiger charge is -2.22. The summed E-state index contributed by atoms with van der Waals surface area (Å²) in [5.74, 6) is 0.190. The number of hydrogen-bond donors (Lipinski definition) is 3. The van der Waals surface area contributed by atoms with Crippen LogP contribution in [0.1, 0.15) is 24.0 Å². The summed E-state index contributed by atoms with van der Waals surface area (Å²) >= 11 is 0. The summed E-state index contributed by atoms with van der Waals surface area (Å²) in [4.78, 5) is 12.0. The number of carbonyl (C=O) groups excluding carboxylic acids is 1. The fraction of sp³-hybridized carbons (Fsp3) is 0.500. The third-order valence-corrected chi connectivity index (χ3v) is 3.41. The minimum absolute atomic E-state index is 0.0109. The monoisotopic (exact) mass is 248 g/mol. The largest absolute Gasteiger partial charge is 0.392 e. The van der Waals surface area contributed by atoms with Crippen LogP contribution in [0.5, 0.6) is 0 Å². The van der Waals surface area contributed by atoms with Gasteiger partial charge in [0.05, 0.1) is 12.5 Å². The molecule has 3 N–H and O–H groups in total. The van der Waals surface area contributed by atoms with Gasteiger partial charge in [-0.15, -0.1) is 0 Å². The van der Waals surface area contributed by atoms with Gasteiger partial charge in [-0.1, -0.05) is 24.3 Å². The van der Waals surface area contributed by atoms with E-state index in [9.17, 15) is 9.90 Å². The van der Waals surface area contributed by atoms with Gasteiger partial charge in [0.25, 0.3) is 0 Å². The molecule has 1 heterocycles. The van der Waals surface area contributed by atoms with Crippen LogP contribution in [0.15, 0.2) is 24.3 Å². The molecule has 0 spiro atoms. The van der Waals surface area contributed by atoms with Crippen molar-refractivity contribution in [3.8, 4) is 0 Å². The normalized spacial score (nSPS) is 19.5. The number of rotatable bonds is 4. The Hall–Kier alpha value is -1.39. The van der Waals surface area contributed by atoms with Gasteiger partial charge < -0.3 is 15.7 Å². The zero-order valence-electron chi connectivity index (χ0n) is 10.5. The highest BCUT2D eigenvalue weighted by Gasteiger charge is 2.20. The van der Waals surface area contributed by atoms with E-state index < -0.39 is 0 Å². The summed E-state index contributed by atoms with van der Waals surface area (Å²) in [6, 6.07) is 7.62. The summed E-state index contributed by atoms with van der Waals surface area (Å²) in [5, 5.41) is 15.4. The van der Waals surface area contributed by atoms with E-state index in [1.54, 1.807) is 0 Å². The van der Waals surface area contributed by atoms with E-state index >= 15 is 0 Å². The first-order valence-corrected chi connectivity index (χ1v) is 6.47. The second-order valence-corrected chi connectivity index (χ2v) is 4.69. The van der Waals surface area contributed by atoms with Crippen LogP contribution in [0.3, 0.4) is 0 Å². The average molecular weight is 248 g/mol. The molecule has 1 saturated heterocycles.